The summed E-state index contributed by atoms with van der Waals surface area (Å²) in [5.74, 6) is 6.87. The Morgan fingerprint density at radius 3 is 2.55 bits per heavy atom. The summed E-state index contributed by atoms with van der Waals surface area (Å²) in [4.78, 5) is 0. The molecule has 0 atom stereocenters. The zero-order valence-electron chi connectivity index (χ0n) is 11.6. The van der Waals surface area contributed by atoms with E-state index < -0.39 is 0 Å². The second kappa shape index (κ2) is 7.37. The first-order valence-corrected chi connectivity index (χ1v) is 6.66. The van der Waals surface area contributed by atoms with E-state index in [4.69, 9.17) is 9.84 Å². The van der Waals surface area contributed by atoms with Crippen molar-refractivity contribution in [1.29, 1.82) is 0 Å². The third-order valence-electron chi connectivity index (χ3n) is 2.89. The highest BCUT2D eigenvalue weighted by Crippen LogP contribution is 2.15. The van der Waals surface area contributed by atoms with E-state index in [1.165, 1.54) is 5.56 Å². The molecule has 20 heavy (non-hydrogen) atoms. The van der Waals surface area contributed by atoms with Gasteiger partial charge in [0.25, 0.3) is 0 Å². The minimum Gasteiger partial charge on any atom is -0.489 e. The van der Waals surface area contributed by atoms with Crippen LogP contribution in [0.5, 0.6) is 5.75 Å². The van der Waals surface area contributed by atoms with Crippen LogP contribution >= 0.6 is 0 Å². The highest BCUT2D eigenvalue weighted by atomic mass is 16.5. The molecule has 0 aromatic heterocycles. The number of aliphatic hydroxyl groups excluding tert-OH is 1. The van der Waals surface area contributed by atoms with Crippen LogP contribution in [-0.4, -0.2) is 11.7 Å². The summed E-state index contributed by atoms with van der Waals surface area (Å²) in [6, 6.07) is 15.9. The Morgan fingerprint density at radius 1 is 1.05 bits per heavy atom. The summed E-state index contributed by atoms with van der Waals surface area (Å²) in [5, 5.41) is 8.76. The average Bonchev–Trinajstić information content (AvgIpc) is 2.48. The van der Waals surface area contributed by atoms with Crippen molar-refractivity contribution in [1.82, 2.24) is 0 Å². The normalized spacial score (nSPS) is 9.70. The lowest BCUT2D eigenvalue weighted by atomic mass is 10.1. The molecule has 2 rings (SSSR count). The van der Waals surface area contributed by atoms with Gasteiger partial charge in [0.05, 0.1) is 6.61 Å². The number of hydrogen-bond donors (Lipinski definition) is 1. The first-order valence-electron chi connectivity index (χ1n) is 6.66. The number of ether oxygens (including phenoxy) is 1. The van der Waals surface area contributed by atoms with Crippen molar-refractivity contribution in [2.24, 2.45) is 0 Å². The van der Waals surface area contributed by atoms with Gasteiger partial charge in [-0.2, -0.15) is 0 Å². The zero-order valence-corrected chi connectivity index (χ0v) is 11.6. The summed E-state index contributed by atoms with van der Waals surface area (Å²) in [6.45, 7) is 2.64. The molecule has 0 fully saturated rings. The van der Waals surface area contributed by atoms with E-state index in [9.17, 15) is 0 Å². The molecular formula is C18H18O2. The largest absolute Gasteiger partial charge is 0.489 e. The monoisotopic (exact) mass is 266 g/mol. The molecule has 0 saturated heterocycles. The van der Waals surface area contributed by atoms with Crippen molar-refractivity contribution < 1.29 is 9.84 Å². The second-order valence-corrected chi connectivity index (χ2v) is 4.53. The first-order chi connectivity index (χ1) is 9.79. The smallest absolute Gasteiger partial charge is 0.119 e. The topological polar surface area (TPSA) is 29.5 Å². The molecule has 0 aliphatic rings. The second-order valence-electron chi connectivity index (χ2n) is 4.53. The summed E-state index contributed by atoms with van der Waals surface area (Å²) < 4.78 is 5.78. The zero-order chi connectivity index (χ0) is 14.2. The molecule has 0 amide bonds. The van der Waals surface area contributed by atoms with Crippen molar-refractivity contribution >= 4 is 0 Å². The molecule has 2 heteroatoms. The Balaban J connectivity index is 2.06. The summed E-state index contributed by atoms with van der Waals surface area (Å²) in [7, 11) is 0. The Hall–Kier alpha value is -2.24. The SMILES string of the molecule is Cc1ccc(OCc2ccccc2C#CCCO)cc1. The van der Waals surface area contributed by atoms with Gasteiger partial charge in [0, 0.05) is 17.5 Å². The quantitative estimate of drug-likeness (QED) is 0.860. The molecule has 0 bridgehead atoms. The Kier molecular flexibility index (Phi) is 5.23. The molecule has 102 valence electrons. The van der Waals surface area contributed by atoms with Gasteiger partial charge in [-0.1, -0.05) is 47.7 Å². The van der Waals surface area contributed by atoms with E-state index in [-0.39, 0.29) is 6.61 Å². The van der Waals surface area contributed by atoms with Gasteiger partial charge in [0.1, 0.15) is 12.4 Å². The van der Waals surface area contributed by atoms with Crippen LogP contribution in [0, 0.1) is 18.8 Å². The van der Waals surface area contributed by atoms with Crippen LogP contribution in [0.3, 0.4) is 0 Å². The van der Waals surface area contributed by atoms with E-state index >= 15 is 0 Å². The van der Waals surface area contributed by atoms with Crippen molar-refractivity contribution in [2.45, 2.75) is 20.0 Å². The lowest BCUT2D eigenvalue weighted by Crippen LogP contribution is -1.98. The first kappa shape index (κ1) is 14.2. The van der Waals surface area contributed by atoms with Crippen LogP contribution in [0.25, 0.3) is 0 Å². The molecular weight excluding hydrogens is 248 g/mol. The Labute approximate surface area is 120 Å². The lowest BCUT2D eigenvalue weighted by Gasteiger charge is -2.08. The minimum atomic E-state index is 0.0923. The predicted octanol–water partition coefficient (Wildman–Crippen LogP) is 3.31. The van der Waals surface area contributed by atoms with Gasteiger partial charge in [0.2, 0.25) is 0 Å². The molecule has 0 aliphatic carbocycles. The molecule has 0 aliphatic heterocycles. The molecule has 0 radical (unpaired) electrons. The summed E-state index contributed by atoms with van der Waals surface area (Å²) >= 11 is 0. The molecule has 2 nitrogen and oxygen atoms in total. The van der Waals surface area contributed by atoms with Gasteiger partial charge < -0.3 is 9.84 Å². The van der Waals surface area contributed by atoms with Crippen LogP contribution in [0.15, 0.2) is 48.5 Å². The number of benzene rings is 2. The Morgan fingerprint density at radius 2 is 1.80 bits per heavy atom. The van der Waals surface area contributed by atoms with Crippen molar-refractivity contribution in [3.05, 3.63) is 65.2 Å². The molecule has 0 unspecified atom stereocenters. The number of hydrogen-bond acceptors (Lipinski definition) is 2. The van der Waals surface area contributed by atoms with E-state index in [0.29, 0.717) is 13.0 Å². The maximum atomic E-state index is 8.76. The fourth-order valence-corrected chi connectivity index (χ4v) is 1.78. The average molecular weight is 266 g/mol. The van der Waals surface area contributed by atoms with Crippen molar-refractivity contribution in [3.63, 3.8) is 0 Å². The highest BCUT2D eigenvalue weighted by molar-refractivity contribution is 5.41. The van der Waals surface area contributed by atoms with Crippen LogP contribution in [0.1, 0.15) is 23.1 Å². The van der Waals surface area contributed by atoms with Gasteiger partial charge in [-0.3, -0.25) is 0 Å². The van der Waals surface area contributed by atoms with Gasteiger partial charge in [-0.15, -0.1) is 0 Å². The van der Waals surface area contributed by atoms with E-state index in [2.05, 4.69) is 18.8 Å². The molecule has 0 heterocycles. The van der Waals surface area contributed by atoms with Gasteiger partial charge in [0.15, 0.2) is 0 Å². The third-order valence-corrected chi connectivity index (χ3v) is 2.89. The van der Waals surface area contributed by atoms with E-state index in [0.717, 1.165) is 16.9 Å². The summed E-state index contributed by atoms with van der Waals surface area (Å²) in [5.41, 5.74) is 3.22. The third kappa shape index (κ3) is 4.15. The van der Waals surface area contributed by atoms with E-state index in [1.54, 1.807) is 0 Å². The van der Waals surface area contributed by atoms with Crippen molar-refractivity contribution in [3.8, 4) is 17.6 Å². The van der Waals surface area contributed by atoms with Crippen LogP contribution < -0.4 is 4.74 Å². The fourth-order valence-electron chi connectivity index (χ4n) is 1.78. The summed E-state index contributed by atoms with van der Waals surface area (Å²) in [6.07, 6.45) is 0.493. The van der Waals surface area contributed by atoms with Crippen molar-refractivity contribution in [2.75, 3.05) is 6.61 Å². The van der Waals surface area contributed by atoms with Gasteiger partial charge in [-0.25, -0.2) is 0 Å². The predicted molar refractivity (Wildman–Crippen MR) is 80.5 cm³/mol. The highest BCUT2D eigenvalue weighted by Gasteiger charge is 2.00. The van der Waals surface area contributed by atoms with Gasteiger partial charge >= 0.3 is 0 Å². The van der Waals surface area contributed by atoms with Crippen LogP contribution in [-0.2, 0) is 6.61 Å². The molecule has 0 spiro atoms. The lowest BCUT2D eigenvalue weighted by molar-refractivity contribution is 0.305. The maximum absolute atomic E-state index is 8.76. The van der Waals surface area contributed by atoms with E-state index in [1.807, 2.05) is 48.5 Å². The van der Waals surface area contributed by atoms with Gasteiger partial charge in [-0.05, 0) is 25.1 Å². The fraction of sp³-hybridized carbons (Fsp3) is 0.222. The minimum absolute atomic E-state index is 0.0923. The Bertz CT molecular complexity index is 603. The molecule has 2 aromatic carbocycles. The maximum Gasteiger partial charge on any atom is 0.119 e. The molecule has 0 saturated carbocycles. The standard InChI is InChI=1S/C18H18O2/c1-15-9-11-18(12-10-15)20-14-17-8-3-2-6-16(17)7-4-5-13-19/h2-3,6,8-12,19H,5,13-14H2,1H3. The van der Waals surface area contributed by atoms with Crippen LogP contribution in [0.4, 0.5) is 0 Å². The number of aliphatic hydroxyl groups is 1. The number of rotatable bonds is 4. The molecule has 2 aromatic rings. The number of aryl methyl sites for hydroxylation is 1. The van der Waals surface area contributed by atoms with Crippen LogP contribution in [0.2, 0.25) is 0 Å². The molecule has 1 N–H and O–H groups in total.